The number of thiazole rings is 1. The monoisotopic (exact) mass is 314 g/mol. The Labute approximate surface area is 111 Å². The molecular formula is C9H11BrN6S. The molecule has 0 amide bonds. The van der Waals surface area contributed by atoms with E-state index in [9.17, 15) is 0 Å². The minimum atomic E-state index is 0.540. The van der Waals surface area contributed by atoms with Crippen molar-refractivity contribution in [1.29, 1.82) is 0 Å². The molecule has 8 heteroatoms. The first-order valence-corrected chi connectivity index (χ1v) is 6.50. The fourth-order valence-electron chi connectivity index (χ4n) is 1.24. The lowest BCUT2D eigenvalue weighted by molar-refractivity contribution is 1.03. The third kappa shape index (κ3) is 2.90. The Morgan fingerprint density at radius 1 is 1.41 bits per heavy atom. The normalized spacial score (nSPS) is 10.3. The molecule has 0 saturated carbocycles. The Morgan fingerprint density at radius 3 is 2.82 bits per heavy atom. The average Bonchev–Trinajstić information content (AvgIpc) is 2.74. The van der Waals surface area contributed by atoms with Gasteiger partial charge in [0, 0.05) is 11.1 Å². The van der Waals surface area contributed by atoms with Gasteiger partial charge in [-0.05, 0) is 22.9 Å². The second-order valence-corrected chi connectivity index (χ2v) is 5.00. The molecule has 0 saturated heterocycles. The maximum absolute atomic E-state index is 5.32. The van der Waals surface area contributed by atoms with E-state index in [0.29, 0.717) is 22.7 Å². The van der Waals surface area contributed by atoms with Crippen LogP contribution in [0, 0.1) is 6.92 Å². The van der Waals surface area contributed by atoms with Crippen LogP contribution in [0.4, 0.5) is 11.6 Å². The smallest absolute Gasteiger partial charge is 0.159 e. The number of rotatable bonds is 4. The molecule has 2 aromatic heterocycles. The maximum atomic E-state index is 5.32. The van der Waals surface area contributed by atoms with Gasteiger partial charge < -0.3 is 10.7 Å². The molecule has 2 rings (SSSR count). The molecule has 0 bridgehead atoms. The quantitative estimate of drug-likeness (QED) is 0.590. The Morgan fingerprint density at radius 2 is 2.18 bits per heavy atom. The van der Waals surface area contributed by atoms with Gasteiger partial charge in [0.1, 0.15) is 21.6 Å². The van der Waals surface area contributed by atoms with Crippen LogP contribution in [-0.2, 0) is 6.54 Å². The predicted molar refractivity (Wildman–Crippen MR) is 71.7 cm³/mol. The molecule has 0 fully saturated rings. The van der Waals surface area contributed by atoms with Crippen LogP contribution in [-0.4, -0.2) is 15.0 Å². The number of hydrogen-bond donors (Lipinski definition) is 3. The summed E-state index contributed by atoms with van der Waals surface area (Å²) in [7, 11) is 0. The summed E-state index contributed by atoms with van der Waals surface area (Å²) in [4.78, 5) is 12.4. The van der Waals surface area contributed by atoms with Crippen LogP contribution >= 0.6 is 27.3 Å². The number of nitrogens with one attached hydrogen (secondary N) is 2. The number of anilines is 2. The highest BCUT2D eigenvalue weighted by atomic mass is 79.9. The largest absolute Gasteiger partial charge is 0.362 e. The summed E-state index contributed by atoms with van der Waals surface area (Å²) in [5.74, 6) is 6.54. The summed E-state index contributed by atoms with van der Waals surface area (Å²) in [5, 5.41) is 6.19. The van der Waals surface area contributed by atoms with Gasteiger partial charge in [0.25, 0.3) is 0 Å². The number of aromatic nitrogens is 3. The van der Waals surface area contributed by atoms with E-state index in [1.165, 1.54) is 6.33 Å². The number of hydrogen-bond acceptors (Lipinski definition) is 7. The lowest BCUT2D eigenvalue weighted by Gasteiger charge is -2.08. The number of hydrazine groups is 1. The van der Waals surface area contributed by atoms with Gasteiger partial charge in [-0.1, -0.05) is 0 Å². The first kappa shape index (κ1) is 12.2. The topological polar surface area (TPSA) is 88.8 Å². The van der Waals surface area contributed by atoms with E-state index in [1.54, 1.807) is 11.3 Å². The highest BCUT2D eigenvalue weighted by molar-refractivity contribution is 9.10. The fraction of sp³-hybridized carbons (Fsp3) is 0.222. The van der Waals surface area contributed by atoms with E-state index >= 15 is 0 Å². The van der Waals surface area contributed by atoms with Gasteiger partial charge in [-0.2, -0.15) is 0 Å². The second-order valence-electron chi connectivity index (χ2n) is 3.27. The molecule has 0 atom stereocenters. The van der Waals surface area contributed by atoms with E-state index in [1.807, 2.05) is 12.3 Å². The molecule has 2 heterocycles. The third-order valence-corrected chi connectivity index (χ3v) is 3.72. The van der Waals surface area contributed by atoms with E-state index in [-0.39, 0.29) is 0 Å². The zero-order chi connectivity index (χ0) is 12.3. The van der Waals surface area contributed by atoms with E-state index < -0.39 is 0 Å². The molecule has 0 radical (unpaired) electrons. The molecular weight excluding hydrogens is 304 g/mol. The second kappa shape index (κ2) is 5.39. The highest BCUT2D eigenvalue weighted by Crippen LogP contribution is 2.26. The van der Waals surface area contributed by atoms with Gasteiger partial charge in [0.2, 0.25) is 0 Å². The molecule has 0 aliphatic carbocycles. The number of halogens is 1. The van der Waals surface area contributed by atoms with Crippen molar-refractivity contribution in [3.8, 4) is 0 Å². The summed E-state index contributed by atoms with van der Waals surface area (Å²) < 4.78 is 0.704. The molecule has 0 aromatic carbocycles. The minimum absolute atomic E-state index is 0.540. The Kier molecular flexibility index (Phi) is 3.87. The van der Waals surface area contributed by atoms with Gasteiger partial charge in [0.15, 0.2) is 5.82 Å². The van der Waals surface area contributed by atoms with Crippen LogP contribution in [0.15, 0.2) is 16.2 Å². The SMILES string of the molecule is Cc1csc(CNc2ncnc(NN)c2Br)n1. The van der Waals surface area contributed by atoms with Gasteiger partial charge in [-0.15, -0.1) is 11.3 Å². The minimum Gasteiger partial charge on any atom is -0.362 e. The third-order valence-electron chi connectivity index (χ3n) is 2.00. The number of nitrogen functional groups attached to an aromatic ring is 1. The first-order valence-electron chi connectivity index (χ1n) is 4.82. The molecule has 2 aromatic rings. The summed E-state index contributed by atoms with van der Waals surface area (Å²) in [6.45, 7) is 2.59. The molecule has 4 N–H and O–H groups in total. The van der Waals surface area contributed by atoms with Gasteiger partial charge in [-0.25, -0.2) is 20.8 Å². The number of nitrogens with zero attached hydrogens (tertiary/aromatic N) is 3. The summed E-state index contributed by atoms with van der Waals surface area (Å²) in [6.07, 6.45) is 1.44. The van der Waals surface area contributed by atoms with Crippen LogP contribution in [0.5, 0.6) is 0 Å². The van der Waals surface area contributed by atoms with Gasteiger partial charge in [0.05, 0.1) is 6.54 Å². The van der Waals surface area contributed by atoms with Crippen LogP contribution in [0.3, 0.4) is 0 Å². The van der Waals surface area contributed by atoms with Crippen molar-refractivity contribution < 1.29 is 0 Å². The standard InChI is InChI=1S/C9H11BrN6S/c1-5-3-17-6(15-5)2-12-8-7(10)9(16-11)14-4-13-8/h3-4H,2,11H2,1H3,(H2,12,13,14,16). The Hall–Kier alpha value is -1.25. The zero-order valence-electron chi connectivity index (χ0n) is 9.07. The van der Waals surface area contributed by atoms with Crippen molar-refractivity contribution in [2.45, 2.75) is 13.5 Å². The van der Waals surface area contributed by atoms with Crippen LogP contribution < -0.4 is 16.6 Å². The lowest BCUT2D eigenvalue weighted by atomic mass is 10.5. The van der Waals surface area contributed by atoms with E-state index in [2.05, 4.69) is 41.6 Å². The van der Waals surface area contributed by atoms with Crippen LogP contribution in [0.25, 0.3) is 0 Å². The van der Waals surface area contributed by atoms with Crippen molar-refractivity contribution in [1.82, 2.24) is 15.0 Å². The molecule has 90 valence electrons. The van der Waals surface area contributed by atoms with Crippen molar-refractivity contribution in [3.63, 3.8) is 0 Å². The molecule has 0 aliphatic rings. The maximum Gasteiger partial charge on any atom is 0.159 e. The molecule has 0 aliphatic heterocycles. The molecule has 17 heavy (non-hydrogen) atoms. The van der Waals surface area contributed by atoms with Gasteiger partial charge >= 0.3 is 0 Å². The Bertz CT molecular complexity index is 514. The van der Waals surface area contributed by atoms with Crippen LogP contribution in [0.2, 0.25) is 0 Å². The van der Waals surface area contributed by atoms with Crippen LogP contribution in [0.1, 0.15) is 10.7 Å². The van der Waals surface area contributed by atoms with Crippen molar-refractivity contribution in [3.05, 3.63) is 26.9 Å². The van der Waals surface area contributed by atoms with Crippen molar-refractivity contribution in [2.75, 3.05) is 10.7 Å². The Balaban J connectivity index is 2.09. The van der Waals surface area contributed by atoms with Crippen molar-refractivity contribution >= 4 is 38.9 Å². The number of aryl methyl sites for hydroxylation is 1. The summed E-state index contributed by atoms with van der Waals surface area (Å²) in [5.41, 5.74) is 3.51. The van der Waals surface area contributed by atoms with E-state index in [0.717, 1.165) is 10.7 Å². The lowest BCUT2D eigenvalue weighted by Crippen LogP contribution is -2.11. The zero-order valence-corrected chi connectivity index (χ0v) is 11.5. The summed E-state index contributed by atoms with van der Waals surface area (Å²) in [6, 6.07) is 0. The van der Waals surface area contributed by atoms with E-state index in [4.69, 9.17) is 5.84 Å². The fourth-order valence-corrected chi connectivity index (χ4v) is 2.41. The molecule has 6 nitrogen and oxygen atoms in total. The predicted octanol–water partition coefficient (Wildman–Crippen LogP) is 1.90. The number of nitrogens with two attached hydrogens (primary N) is 1. The molecule has 0 unspecified atom stereocenters. The van der Waals surface area contributed by atoms with Crippen molar-refractivity contribution in [2.24, 2.45) is 5.84 Å². The summed E-state index contributed by atoms with van der Waals surface area (Å²) >= 11 is 4.99. The average molecular weight is 315 g/mol. The van der Waals surface area contributed by atoms with Gasteiger partial charge in [-0.3, -0.25) is 0 Å². The highest BCUT2D eigenvalue weighted by Gasteiger charge is 2.07. The molecule has 0 spiro atoms. The first-order chi connectivity index (χ1) is 8.20.